The maximum absolute atomic E-state index is 13.9. The number of rotatable bonds is 4. The standard InChI is InChI=1S/C18H17F2N3O/c19-13-7-4-8-14(20)16(13)17(24)12-9-10-15(23-18(12)21)22-11-5-2-1-3-6-11/h1-2,4-5,7-10,13,16H,3,6H2,(H3,21,22,23). The summed E-state index contributed by atoms with van der Waals surface area (Å²) in [5, 5.41) is 3.12. The normalized spacial score (nSPS) is 22.8. The lowest BCUT2D eigenvalue weighted by Gasteiger charge is -2.19. The summed E-state index contributed by atoms with van der Waals surface area (Å²) in [6.45, 7) is 0. The molecule has 0 radical (unpaired) electrons. The molecule has 1 heterocycles. The topological polar surface area (TPSA) is 68.0 Å². The van der Waals surface area contributed by atoms with Gasteiger partial charge in [-0.2, -0.15) is 0 Å². The van der Waals surface area contributed by atoms with Crippen molar-refractivity contribution in [2.45, 2.75) is 19.0 Å². The summed E-state index contributed by atoms with van der Waals surface area (Å²) < 4.78 is 27.7. The Labute approximate surface area is 138 Å². The van der Waals surface area contributed by atoms with Gasteiger partial charge < -0.3 is 11.1 Å². The monoisotopic (exact) mass is 329 g/mol. The lowest BCUT2D eigenvalue weighted by molar-refractivity contribution is 0.0878. The lowest BCUT2D eigenvalue weighted by atomic mass is 9.89. The number of Topliss-reactive ketones (excluding diaryl/α,β-unsaturated/α-hetero) is 1. The number of anilines is 2. The van der Waals surface area contributed by atoms with E-state index in [0.29, 0.717) is 5.82 Å². The van der Waals surface area contributed by atoms with Gasteiger partial charge in [0.25, 0.3) is 0 Å². The van der Waals surface area contributed by atoms with Crippen molar-refractivity contribution < 1.29 is 13.6 Å². The van der Waals surface area contributed by atoms with Crippen LogP contribution < -0.4 is 11.1 Å². The van der Waals surface area contributed by atoms with Crippen LogP contribution in [-0.2, 0) is 0 Å². The number of carbonyl (C=O) groups is 1. The number of hydrogen-bond donors (Lipinski definition) is 2. The van der Waals surface area contributed by atoms with Gasteiger partial charge in [0, 0.05) is 5.70 Å². The van der Waals surface area contributed by atoms with E-state index in [4.69, 9.17) is 5.73 Å². The highest BCUT2D eigenvalue weighted by Gasteiger charge is 2.34. The molecule has 0 saturated carbocycles. The number of allylic oxidation sites excluding steroid dienone is 8. The van der Waals surface area contributed by atoms with Crippen molar-refractivity contribution in [2.75, 3.05) is 11.1 Å². The molecule has 24 heavy (non-hydrogen) atoms. The van der Waals surface area contributed by atoms with Crippen molar-refractivity contribution >= 4 is 17.4 Å². The van der Waals surface area contributed by atoms with E-state index in [1.807, 2.05) is 12.2 Å². The zero-order valence-corrected chi connectivity index (χ0v) is 12.9. The smallest absolute Gasteiger partial charge is 0.179 e. The van der Waals surface area contributed by atoms with E-state index >= 15 is 0 Å². The van der Waals surface area contributed by atoms with Crippen LogP contribution in [0.15, 0.2) is 60.1 Å². The number of nitrogens with zero attached hydrogens (tertiary/aromatic N) is 1. The maximum Gasteiger partial charge on any atom is 0.179 e. The van der Waals surface area contributed by atoms with E-state index < -0.39 is 23.7 Å². The highest BCUT2D eigenvalue weighted by molar-refractivity contribution is 6.03. The summed E-state index contributed by atoms with van der Waals surface area (Å²) in [6, 6.07) is 3.03. The first-order valence-corrected chi connectivity index (χ1v) is 7.67. The number of carbonyl (C=O) groups excluding carboxylic acids is 1. The van der Waals surface area contributed by atoms with E-state index in [2.05, 4.69) is 16.4 Å². The van der Waals surface area contributed by atoms with Crippen molar-refractivity contribution in [3.8, 4) is 0 Å². The molecular weight excluding hydrogens is 312 g/mol. The predicted molar refractivity (Wildman–Crippen MR) is 89.8 cm³/mol. The molecule has 0 amide bonds. The largest absolute Gasteiger partial charge is 0.383 e. The zero-order chi connectivity index (χ0) is 17.1. The van der Waals surface area contributed by atoms with Crippen LogP contribution >= 0.6 is 0 Å². The van der Waals surface area contributed by atoms with Crippen LogP contribution in [0.3, 0.4) is 0 Å². The Balaban J connectivity index is 1.81. The number of aromatic nitrogens is 1. The molecule has 124 valence electrons. The van der Waals surface area contributed by atoms with Crippen LogP contribution in [0.1, 0.15) is 23.2 Å². The minimum Gasteiger partial charge on any atom is -0.383 e. The number of halogens is 2. The molecule has 1 aromatic rings. The summed E-state index contributed by atoms with van der Waals surface area (Å²) >= 11 is 0. The maximum atomic E-state index is 13.9. The number of nitrogen functional groups attached to an aromatic ring is 1. The van der Waals surface area contributed by atoms with E-state index in [-0.39, 0.29) is 11.4 Å². The third-order valence-corrected chi connectivity index (χ3v) is 3.94. The molecule has 0 saturated heterocycles. The number of ketones is 1. The van der Waals surface area contributed by atoms with Gasteiger partial charge in [-0.1, -0.05) is 18.2 Å². The molecule has 4 nitrogen and oxygen atoms in total. The second-order valence-electron chi connectivity index (χ2n) is 5.64. The summed E-state index contributed by atoms with van der Waals surface area (Å²) in [5.41, 5.74) is 6.84. The fourth-order valence-corrected chi connectivity index (χ4v) is 2.68. The average Bonchev–Trinajstić information content (AvgIpc) is 2.55. The van der Waals surface area contributed by atoms with Crippen molar-refractivity contribution in [3.63, 3.8) is 0 Å². The molecule has 0 aromatic carbocycles. The van der Waals surface area contributed by atoms with Crippen LogP contribution in [0.4, 0.5) is 20.4 Å². The van der Waals surface area contributed by atoms with Gasteiger partial charge in [-0.05, 0) is 43.2 Å². The molecule has 3 rings (SSSR count). The van der Waals surface area contributed by atoms with Crippen LogP contribution in [0.25, 0.3) is 0 Å². The van der Waals surface area contributed by atoms with E-state index in [1.165, 1.54) is 12.1 Å². The summed E-state index contributed by atoms with van der Waals surface area (Å²) in [4.78, 5) is 16.6. The second-order valence-corrected chi connectivity index (χ2v) is 5.64. The van der Waals surface area contributed by atoms with E-state index in [1.54, 1.807) is 6.07 Å². The number of hydrogen-bond acceptors (Lipinski definition) is 4. The molecular formula is C18H17F2N3O. The third kappa shape index (κ3) is 3.27. The molecule has 0 fully saturated rings. The van der Waals surface area contributed by atoms with Gasteiger partial charge in [0.2, 0.25) is 0 Å². The Morgan fingerprint density at radius 2 is 2.12 bits per heavy atom. The van der Waals surface area contributed by atoms with Crippen LogP contribution in [-0.4, -0.2) is 16.9 Å². The Kier molecular flexibility index (Phi) is 4.55. The van der Waals surface area contributed by atoms with Crippen molar-refractivity contribution in [1.29, 1.82) is 0 Å². The lowest BCUT2D eigenvalue weighted by Crippen LogP contribution is -2.27. The van der Waals surface area contributed by atoms with Gasteiger partial charge in [-0.25, -0.2) is 13.8 Å². The Bertz CT molecular complexity index is 780. The SMILES string of the molecule is Nc1nc(NC2=CC=CCC2)ccc1C(=O)C1C(F)=CC=CC1F. The fraction of sp³-hybridized carbons (Fsp3) is 0.222. The summed E-state index contributed by atoms with van der Waals surface area (Å²) in [6.07, 6.45) is 9.50. The molecule has 2 atom stereocenters. The van der Waals surface area contributed by atoms with Gasteiger partial charge in [0.1, 0.15) is 29.6 Å². The first kappa shape index (κ1) is 16.1. The average molecular weight is 329 g/mol. The molecule has 3 N–H and O–H groups in total. The molecule has 0 bridgehead atoms. The van der Waals surface area contributed by atoms with Crippen LogP contribution in [0, 0.1) is 5.92 Å². The number of pyridine rings is 1. The first-order chi connectivity index (χ1) is 11.6. The zero-order valence-electron chi connectivity index (χ0n) is 12.9. The van der Waals surface area contributed by atoms with Gasteiger partial charge >= 0.3 is 0 Å². The van der Waals surface area contributed by atoms with Gasteiger partial charge in [-0.3, -0.25) is 4.79 Å². The minimum absolute atomic E-state index is 0.0181. The highest BCUT2D eigenvalue weighted by atomic mass is 19.1. The molecule has 2 unspecified atom stereocenters. The Morgan fingerprint density at radius 1 is 1.29 bits per heavy atom. The predicted octanol–water partition coefficient (Wildman–Crippen LogP) is 3.87. The highest BCUT2D eigenvalue weighted by Crippen LogP contribution is 2.30. The van der Waals surface area contributed by atoms with Crippen molar-refractivity contribution in [3.05, 3.63) is 65.7 Å². The van der Waals surface area contributed by atoms with Gasteiger partial charge in [0.05, 0.1) is 5.56 Å². The first-order valence-electron chi connectivity index (χ1n) is 7.67. The minimum atomic E-state index is -1.71. The molecule has 2 aliphatic carbocycles. The van der Waals surface area contributed by atoms with Crippen molar-refractivity contribution in [1.82, 2.24) is 4.98 Å². The number of nitrogens with two attached hydrogens (primary N) is 1. The molecule has 0 spiro atoms. The summed E-state index contributed by atoms with van der Waals surface area (Å²) in [7, 11) is 0. The van der Waals surface area contributed by atoms with Crippen LogP contribution in [0.2, 0.25) is 0 Å². The van der Waals surface area contributed by atoms with Gasteiger partial charge in [0.15, 0.2) is 5.78 Å². The van der Waals surface area contributed by atoms with Crippen LogP contribution in [0.5, 0.6) is 0 Å². The number of alkyl halides is 1. The molecule has 2 aliphatic rings. The van der Waals surface area contributed by atoms with Crippen molar-refractivity contribution in [2.24, 2.45) is 5.92 Å². The van der Waals surface area contributed by atoms with E-state index in [0.717, 1.165) is 30.7 Å². The third-order valence-electron chi connectivity index (χ3n) is 3.94. The summed E-state index contributed by atoms with van der Waals surface area (Å²) in [5.74, 6) is -2.58. The number of nitrogens with one attached hydrogen (secondary N) is 1. The Hall–Kier alpha value is -2.76. The molecule has 6 heteroatoms. The second kappa shape index (κ2) is 6.78. The fourth-order valence-electron chi connectivity index (χ4n) is 2.68. The quantitative estimate of drug-likeness (QED) is 0.823. The van der Waals surface area contributed by atoms with Gasteiger partial charge in [-0.15, -0.1) is 0 Å². The molecule has 1 aromatic heterocycles. The van der Waals surface area contributed by atoms with E-state index in [9.17, 15) is 13.6 Å². The Morgan fingerprint density at radius 3 is 2.79 bits per heavy atom. The molecule has 0 aliphatic heterocycles.